The third-order valence-corrected chi connectivity index (χ3v) is 3.51. The molecule has 1 aromatic carbocycles. The molecule has 1 atom stereocenters. The first-order valence-electron chi connectivity index (χ1n) is 5.73. The Morgan fingerprint density at radius 3 is 2.71 bits per heavy atom. The summed E-state index contributed by atoms with van der Waals surface area (Å²) in [6.45, 7) is 0. The van der Waals surface area contributed by atoms with Crippen LogP contribution in [0.25, 0.3) is 10.9 Å². The molecular weight excluding hydrogens is 227 g/mol. The van der Waals surface area contributed by atoms with E-state index in [1.807, 2.05) is 24.3 Å². The van der Waals surface area contributed by atoms with E-state index in [1.54, 1.807) is 0 Å². The molecule has 1 nitrogen and oxygen atoms in total. The van der Waals surface area contributed by atoms with Gasteiger partial charge in [0.05, 0.1) is 5.92 Å². The molecule has 3 rings (SSSR count). The smallest absolute Gasteiger partial charge is 0.358 e. The molecule has 4 heteroatoms. The van der Waals surface area contributed by atoms with E-state index >= 15 is 0 Å². The van der Waals surface area contributed by atoms with Gasteiger partial charge < -0.3 is 4.98 Å². The zero-order valence-corrected chi connectivity index (χ0v) is 9.14. The zero-order chi connectivity index (χ0) is 12.0. The number of fused-ring (bicyclic) bond motifs is 3. The predicted octanol–water partition coefficient (Wildman–Crippen LogP) is 4.15. The van der Waals surface area contributed by atoms with Crippen LogP contribution in [0.4, 0.5) is 13.2 Å². The van der Waals surface area contributed by atoms with Crippen LogP contribution in [0.15, 0.2) is 24.3 Å². The summed E-state index contributed by atoms with van der Waals surface area (Å²) in [7, 11) is 0. The quantitative estimate of drug-likeness (QED) is 0.710. The molecule has 1 aliphatic rings. The van der Waals surface area contributed by atoms with Gasteiger partial charge in [0, 0.05) is 16.6 Å². The van der Waals surface area contributed by atoms with Crippen LogP contribution >= 0.6 is 0 Å². The van der Waals surface area contributed by atoms with Gasteiger partial charge in [0.2, 0.25) is 0 Å². The number of para-hydroxylation sites is 1. The molecule has 0 bridgehead atoms. The Morgan fingerprint density at radius 1 is 1.18 bits per heavy atom. The molecule has 1 unspecified atom stereocenters. The van der Waals surface area contributed by atoms with Crippen LogP contribution in [0.3, 0.4) is 0 Å². The number of aromatic nitrogens is 1. The minimum absolute atomic E-state index is 0.198. The van der Waals surface area contributed by atoms with Crippen LogP contribution in [0.2, 0.25) is 0 Å². The number of hydrogen-bond donors (Lipinski definition) is 1. The highest BCUT2D eigenvalue weighted by Crippen LogP contribution is 2.44. The maximum atomic E-state index is 12.9. The van der Waals surface area contributed by atoms with E-state index in [0.717, 1.165) is 22.9 Å². The Morgan fingerprint density at radius 2 is 1.94 bits per heavy atom. The fraction of sp³-hybridized carbons (Fsp3) is 0.385. The van der Waals surface area contributed by atoms with Gasteiger partial charge in [-0.25, -0.2) is 0 Å². The lowest BCUT2D eigenvalue weighted by Gasteiger charge is -2.24. The second-order valence-electron chi connectivity index (χ2n) is 4.55. The molecule has 1 aromatic heterocycles. The van der Waals surface area contributed by atoms with E-state index in [4.69, 9.17) is 0 Å². The topological polar surface area (TPSA) is 15.8 Å². The third-order valence-electron chi connectivity index (χ3n) is 3.51. The van der Waals surface area contributed by atoms with Crippen LogP contribution < -0.4 is 0 Å². The Bertz CT molecular complexity index is 553. The lowest BCUT2D eigenvalue weighted by Crippen LogP contribution is -2.24. The highest BCUT2D eigenvalue weighted by atomic mass is 19.4. The van der Waals surface area contributed by atoms with E-state index < -0.39 is 12.1 Å². The van der Waals surface area contributed by atoms with E-state index in [9.17, 15) is 13.2 Å². The lowest BCUT2D eigenvalue weighted by atomic mass is 9.86. The fourth-order valence-corrected chi connectivity index (χ4v) is 2.74. The first-order valence-corrected chi connectivity index (χ1v) is 5.73. The normalized spacial score (nSPS) is 20.5. The molecule has 0 saturated carbocycles. The van der Waals surface area contributed by atoms with Gasteiger partial charge in [0.25, 0.3) is 0 Å². The highest BCUT2D eigenvalue weighted by Gasteiger charge is 2.44. The molecule has 0 fully saturated rings. The number of benzene rings is 1. The van der Waals surface area contributed by atoms with Crippen molar-refractivity contribution in [3.05, 3.63) is 35.5 Å². The molecule has 90 valence electrons. The van der Waals surface area contributed by atoms with Gasteiger partial charge in [-0.15, -0.1) is 0 Å². The maximum Gasteiger partial charge on any atom is 0.397 e. The number of nitrogens with one attached hydrogen (secondary N) is 1. The van der Waals surface area contributed by atoms with Crippen LogP contribution in [-0.4, -0.2) is 11.2 Å². The first kappa shape index (κ1) is 10.7. The summed E-state index contributed by atoms with van der Waals surface area (Å²) in [6, 6.07) is 7.44. The van der Waals surface area contributed by atoms with Crippen LogP contribution in [0.1, 0.15) is 30.0 Å². The Hall–Kier alpha value is -1.45. The molecule has 0 saturated heterocycles. The number of alkyl halides is 3. The number of H-pyrrole nitrogens is 1. The number of aryl methyl sites for hydroxylation is 1. The van der Waals surface area contributed by atoms with Crippen molar-refractivity contribution >= 4 is 10.9 Å². The van der Waals surface area contributed by atoms with Gasteiger partial charge in [0.15, 0.2) is 0 Å². The van der Waals surface area contributed by atoms with E-state index in [0.29, 0.717) is 12.1 Å². The van der Waals surface area contributed by atoms with Crippen molar-refractivity contribution in [3.8, 4) is 0 Å². The summed E-state index contributed by atoms with van der Waals surface area (Å²) < 4.78 is 38.8. The van der Waals surface area contributed by atoms with Crippen molar-refractivity contribution in [2.45, 2.75) is 31.4 Å². The van der Waals surface area contributed by atoms with Crippen molar-refractivity contribution in [2.24, 2.45) is 0 Å². The molecule has 1 heterocycles. The van der Waals surface area contributed by atoms with E-state index in [-0.39, 0.29) is 6.42 Å². The number of halogens is 3. The lowest BCUT2D eigenvalue weighted by molar-refractivity contribution is -0.154. The van der Waals surface area contributed by atoms with E-state index in [2.05, 4.69) is 4.98 Å². The Labute approximate surface area is 96.6 Å². The van der Waals surface area contributed by atoms with Crippen molar-refractivity contribution in [1.29, 1.82) is 0 Å². The fourth-order valence-electron chi connectivity index (χ4n) is 2.74. The first-order chi connectivity index (χ1) is 8.07. The molecule has 2 aromatic rings. The molecule has 1 aliphatic carbocycles. The number of rotatable bonds is 0. The minimum atomic E-state index is -4.14. The third kappa shape index (κ3) is 1.63. The van der Waals surface area contributed by atoms with Crippen molar-refractivity contribution in [1.82, 2.24) is 4.98 Å². The second kappa shape index (κ2) is 3.52. The summed E-state index contributed by atoms with van der Waals surface area (Å²) in [5.41, 5.74) is 2.05. The van der Waals surface area contributed by atoms with Gasteiger partial charge in [0.1, 0.15) is 0 Å². The van der Waals surface area contributed by atoms with Crippen molar-refractivity contribution in [2.75, 3.05) is 0 Å². The average Bonchev–Trinajstić information content (AvgIpc) is 2.65. The van der Waals surface area contributed by atoms with E-state index in [1.165, 1.54) is 0 Å². The summed E-state index contributed by atoms with van der Waals surface area (Å²) in [6.07, 6.45) is -2.59. The van der Waals surface area contributed by atoms with Gasteiger partial charge in [-0.1, -0.05) is 18.2 Å². The molecule has 0 aliphatic heterocycles. The molecule has 17 heavy (non-hydrogen) atoms. The average molecular weight is 239 g/mol. The molecule has 1 N–H and O–H groups in total. The van der Waals surface area contributed by atoms with Gasteiger partial charge in [-0.2, -0.15) is 13.2 Å². The summed E-state index contributed by atoms with van der Waals surface area (Å²) in [5, 5.41) is 0.941. The molecule has 0 radical (unpaired) electrons. The zero-order valence-electron chi connectivity index (χ0n) is 9.14. The molecule has 0 spiro atoms. The number of hydrogen-bond acceptors (Lipinski definition) is 0. The number of aromatic amines is 1. The molecular formula is C13H12F3N. The van der Waals surface area contributed by atoms with Crippen molar-refractivity contribution in [3.63, 3.8) is 0 Å². The Kier molecular flexibility index (Phi) is 2.21. The maximum absolute atomic E-state index is 12.9. The standard InChI is InChI=1S/C13H12F3N/c14-13(15,16)10-6-3-5-9-8-4-1-2-7-11(8)17-12(9)10/h1-2,4,7,10,17H,3,5-6H2. The molecule has 0 amide bonds. The Balaban J connectivity index is 2.21. The summed E-state index contributed by atoms with van der Waals surface area (Å²) >= 11 is 0. The summed E-state index contributed by atoms with van der Waals surface area (Å²) in [5.74, 6) is -1.32. The van der Waals surface area contributed by atoms with Crippen LogP contribution in [0, 0.1) is 0 Å². The SMILES string of the molecule is FC(F)(F)C1CCCc2c1[nH]c1ccccc21. The highest BCUT2D eigenvalue weighted by molar-refractivity contribution is 5.85. The van der Waals surface area contributed by atoms with Crippen LogP contribution in [0.5, 0.6) is 0 Å². The minimum Gasteiger partial charge on any atom is -0.358 e. The monoisotopic (exact) mass is 239 g/mol. The van der Waals surface area contributed by atoms with Gasteiger partial charge in [-0.3, -0.25) is 0 Å². The summed E-state index contributed by atoms with van der Waals surface area (Å²) in [4.78, 5) is 2.95. The van der Waals surface area contributed by atoms with Gasteiger partial charge in [-0.05, 0) is 30.9 Å². The predicted molar refractivity (Wildman–Crippen MR) is 60.0 cm³/mol. The largest absolute Gasteiger partial charge is 0.397 e. The van der Waals surface area contributed by atoms with Crippen molar-refractivity contribution < 1.29 is 13.2 Å². The van der Waals surface area contributed by atoms with Gasteiger partial charge >= 0.3 is 6.18 Å². The van der Waals surface area contributed by atoms with Crippen LogP contribution in [-0.2, 0) is 6.42 Å². The second-order valence-corrected chi connectivity index (χ2v) is 4.55.